The van der Waals surface area contributed by atoms with Crippen molar-refractivity contribution in [1.82, 2.24) is 4.90 Å². The van der Waals surface area contributed by atoms with E-state index >= 15 is 0 Å². The molecule has 108 valence electrons. The zero-order valence-electron chi connectivity index (χ0n) is 11.4. The van der Waals surface area contributed by atoms with Crippen molar-refractivity contribution in [2.24, 2.45) is 16.6 Å². The summed E-state index contributed by atoms with van der Waals surface area (Å²) in [6.45, 7) is 2.11. The van der Waals surface area contributed by atoms with Gasteiger partial charge in [-0.15, -0.1) is 24.0 Å². The van der Waals surface area contributed by atoms with Crippen molar-refractivity contribution in [1.29, 1.82) is 0 Å². The maximum Gasteiger partial charge on any atom is 0.191 e. The number of aliphatic imine (C=N–C) groups is 1. The van der Waals surface area contributed by atoms with Crippen LogP contribution in [0.15, 0.2) is 29.3 Å². The molecule has 0 radical (unpaired) electrons. The van der Waals surface area contributed by atoms with Gasteiger partial charge in [0.2, 0.25) is 0 Å². The first-order valence-electron chi connectivity index (χ1n) is 7.08. The molecule has 1 saturated carbocycles. The fourth-order valence-electron chi connectivity index (χ4n) is 3.52. The molecular formula is C15H20IN3S. The predicted molar refractivity (Wildman–Crippen MR) is 96.1 cm³/mol. The molecule has 3 atom stereocenters. The average Bonchev–Trinajstić information content (AvgIpc) is 2.97. The Kier molecular flexibility index (Phi) is 4.17. The summed E-state index contributed by atoms with van der Waals surface area (Å²) in [4.78, 5) is 7.05. The second-order valence-corrected chi connectivity index (χ2v) is 6.89. The largest absolute Gasteiger partial charge is 0.370 e. The molecule has 20 heavy (non-hydrogen) atoms. The van der Waals surface area contributed by atoms with Gasteiger partial charge in [0.05, 0.1) is 6.04 Å². The average molecular weight is 401 g/mol. The molecule has 0 bridgehead atoms. The Morgan fingerprint density at radius 3 is 2.80 bits per heavy atom. The van der Waals surface area contributed by atoms with Gasteiger partial charge in [-0.3, -0.25) is 0 Å². The minimum atomic E-state index is 0. The molecule has 5 heteroatoms. The summed E-state index contributed by atoms with van der Waals surface area (Å²) in [7, 11) is 0. The molecule has 2 aliphatic carbocycles. The van der Waals surface area contributed by atoms with Gasteiger partial charge in [0, 0.05) is 30.5 Å². The van der Waals surface area contributed by atoms with Crippen LogP contribution in [0.3, 0.4) is 0 Å². The predicted octanol–water partition coefficient (Wildman–Crippen LogP) is 2.31. The standard InChI is InChI=1S/C15H19N3S.HI/c16-15(18-5-7-19-8-6-18)17-14-12-9-10-3-1-2-4-11(10)13(12)14;/h1-4,12-14H,5-9H2,(H2,16,17);1H. The molecule has 1 aliphatic heterocycles. The topological polar surface area (TPSA) is 41.6 Å². The van der Waals surface area contributed by atoms with Crippen molar-refractivity contribution in [3.63, 3.8) is 0 Å². The number of benzene rings is 1. The minimum absolute atomic E-state index is 0. The Balaban J connectivity index is 0.00000121. The van der Waals surface area contributed by atoms with E-state index < -0.39 is 0 Å². The summed E-state index contributed by atoms with van der Waals surface area (Å²) in [6, 6.07) is 9.26. The van der Waals surface area contributed by atoms with Crippen molar-refractivity contribution in [2.45, 2.75) is 18.4 Å². The number of nitrogens with zero attached hydrogens (tertiary/aromatic N) is 2. The van der Waals surface area contributed by atoms with Gasteiger partial charge in [-0.25, -0.2) is 4.99 Å². The van der Waals surface area contributed by atoms with Gasteiger partial charge >= 0.3 is 0 Å². The van der Waals surface area contributed by atoms with Crippen LogP contribution < -0.4 is 5.73 Å². The van der Waals surface area contributed by atoms with E-state index in [9.17, 15) is 0 Å². The van der Waals surface area contributed by atoms with Crippen molar-refractivity contribution in [2.75, 3.05) is 24.6 Å². The number of hydrogen-bond acceptors (Lipinski definition) is 2. The van der Waals surface area contributed by atoms with Gasteiger partial charge < -0.3 is 10.6 Å². The molecule has 2 fully saturated rings. The van der Waals surface area contributed by atoms with Crippen LogP contribution in [0.5, 0.6) is 0 Å². The summed E-state index contributed by atoms with van der Waals surface area (Å²) in [5, 5.41) is 0. The van der Waals surface area contributed by atoms with Crippen LogP contribution in [-0.4, -0.2) is 41.5 Å². The number of halogens is 1. The highest BCUT2D eigenvalue weighted by molar-refractivity contribution is 14.0. The molecule has 3 unspecified atom stereocenters. The number of guanidine groups is 1. The van der Waals surface area contributed by atoms with E-state index in [1.165, 1.54) is 29.1 Å². The quantitative estimate of drug-likeness (QED) is 0.446. The monoisotopic (exact) mass is 401 g/mol. The molecule has 1 heterocycles. The van der Waals surface area contributed by atoms with E-state index in [2.05, 4.69) is 29.2 Å². The molecule has 0 aromatic heterocycles. The van der Waals surface area contributed by atoms with E-state index in [4.69, 9.17) is 10.7 Å². The Labute approximate surface area is 141 Å². The normalized spacial score (nSPS) is 31.3. The van der Waals surface area contributed by atoms with Gasteiger partial charge in [-0.1, -0.05) is 24.3 Å². The number of nitrogens with two attached hydrogens (primary N) is 1. The second-order valence-electron chi connectivity index (χ2n) is 5.67. The highest BCUT2D eigenvalue weighted by atomic mass is 127. The second kappa shape index (κ2) is 5.75. The zero-order chi connectivity index (χ0) is 12.8. The van der Waals surface area contributed by atoms with Crippen molar-refractivity contribution >= 4 is 41.7 Å². The van der Waals surface area contributed by atoms with Crippen molar-refractivity contribution in [3.05, 3.63) is 35.4 Å². The number of fused-ring (bicyclic) bond motifs is 3. The maximum atomic E-state index is 6.18. The van der Waals surface area contributed by atoms with Crippen molar-refractivity contribution in [3.8, 4) is 0 Å². The summed E-state index contributed by atoms with van der Waals surface area (Å²) < 4.78 is 0. The van der Waals surface area contributed by atoms with Crippen LogP contribution in [0.2, 0.25) is 0 Å². The lowest BCUT2D eigenvalue weighted by Crippen LogP contribution is -2.42. The Bertz CT molecular complexity index is 528. The third-order valence-electron chi connectivity index (χ3n) is 4.61. The fraction of sp³-hybridized carbons (Fsp3) is 0.533. The van der Waals surface area contributed by atoms with E-state index in [1.54, 1.807) is 0 Å². The Hall–Kier alpha value is -0.430. The smallest absolute Gasteiger partial charge is 0.191 e. The summed E-state index contributed by atoms with van der Waals surface area (Å²) >= 11 is 2.01. The SMILES string of the molecule is I.NC(=NC1C2Cc3ccccc3C21)N1CCSCC1. The maximum absolute atomic E-state index is 6.18. The Morgan fingerprint density at radius 1 is 1.25 bits per heavy atom. The molecule has 3 nitrogen and oxygen atoms in total. The third-order valence-corrected chi connectivity index (χ3v) is 5.56. The van der Waals surface area contributed by atoms with Gasteiger partial charge in [0.15, 0.2) is 5.96 Å². The summed E-state index contributed by atoms with van der Waals surface area (Å²) in [6.07, 6.45) is 1.19. The molecule has 1 aromatic carbocycles. The molecule has 0 spiro atoms. The first-order valence-corrected chi connectivity index (χ1v) is 8.24. The number of rotatable bonds is 1. The first-order chi connectivity index (χ1) is 9.34. The van der Waals surface area contributed by atoms with Crippen LogP contribution in [0.4, 0.5) is 0 Å². The highest BCUT2D eigenvalue weighted by Gasteiger charge is 2.56. The van der Waals surface area contributed by atoms with E-state index in [0.717, 1.165) is 25.0 Å². The van der Waals surface area contributed by atoms with Crippen LogP contribution in [-0.2, 0) is 6.42 Å². The lowest BCUT2D eigenvalue weighted by atomic mass is 10.1. The third kappa shape index (κ3) is 2.43. The molecule has 1 aromatic rings. The number of thioether (sulfide) groups is 1. The summed E-state index contributed by atoms with van der Waals surface area (Å²) in [5.41, 5.74) is 9.22. The van der Waals surface area contributed by atoms with Gasteiger partial charge in [-0.05, 0) is 23.5 Å². The van der Waals surface area contributed by atoms with Crippen LogP contribution in [0.1, 0.15) is 17.0 Å². The Morgan fingerprint density at radius 2 is 2.00 bits per heavy atom. The number of hydrogen-bond donors (Lipinski definition) is 1. The van der Waals surface area contributed by atoms with E-state index in [-0.39, 0.29) is 24.0 Å². The van der Waals surface area contributed by atoms with Gasteiger partial charge in [0.1, 0.15) is 0 Å². The van der Waals surface area contributed by atoms with E-state index in [0.29, 0.717) is 12.0 Å². The molecular weight excluding hydrogens is 381 g/mol. The van der Waals surface area contributed by atoms with Crippen LogP contribution >= 0.6 is 35.7 Å². The molecule has 4 rings (SSSR count). The fourth-order valence-corrected chi connectivity index (χ4v) is 4.42. The lowest BCUT2D eigenvalue weighted by Gasteiger charge is -2.27. The minimum Gasteiger partial charge on any atom is -0.370 e. The van der Waals surface area contributed by atoms with E-state index in [1.807, 2.05) is 11.8 Å². The van der Waals surface area contributed by atoms with Crippen molar-refractivity contribution < 1.29 is 0 Å². The van der Waals surface area contributed by atoms with Gasteiger partial charge in [-0.2, -0.15) is 11.8 Å². The van der Waals surface area contributed by atoms with Crippen LogP contribution in [0, 0.1) is 5.92 Å². The highest BCUT2D eigenvalue weighted by Crippen LogP contribution is 2.58. The lowest BCUT2D eigenvalue weighted by molar-refractivity contribution is 0.455. The molecule has 2 N–H and O–H groups in total. The first kappa shape index (κ1) is 14.5. The molecule has 0 amide bonds. The molecule has 1 saturated heterocycles. The zero-order valence-corrected chi connectivity index (χ0v) is 14.5. The molecule has 3 aliphatic rings. The summed E-state index contributed by atoms with van der Waals surface area (Å²) in [5.74, 6) is 4.49. The van der Waals surface area contributed by atoms with Crippen LogP contribution in [0.25, 0.3) is 0 Å². The van der Waals surface area contributed by atoms with Gasteiger partial charge in [0.25, 0.3) is 0 Å².